The lowest BCUT2D eigenvalue weighted by Crippen LogP contribution is -1.90. The Bertz CT molecular complexity index is 820. The van der Waals surface area contributed by atoms with Gasteiger partial charge in [0.2, 0.25) is 0 Å². The molecule has 24 heavy (non-hydrogen) atoms. The van der Waals surface area contributed by atoms with E-state index in [2.05, 4.69) is 33.4 Å². The van der Waals surface area contributed by atoms with Crippen LogP contribution in [-0.4, -0.2) is 15.2 Å². The number of aromatic amines is 1. The Morgan fingerprint density at radius 3 is 2.17 bits per heavy atom. The number of rotatable bonds is 2. The molecule has 1 aromatic heterocycles. The minimum absolute atomic E-state index is 0.732. The lowest BCUT2D eigenvalue weighted by atomic mass is 10.1. The third-order valence-electron chi connectivity index (χ3n) is 4.27. The fourth-order valence-electron chi connectivity index (χ4n) is 2.81. The summed E-state index contributed by atoms with van der Waals surface area (Å²) in [5, 5.41) is 7.32. The normalized spacial score (nSPS) is 20.4. The van der Waals surface area contributed by atoms with Gasteiger partial charge in [0.05, 0.1) is 0 Å². The Balaban J connectivity index is 0.000000207. The summed E-state index contributed by atoms with van der Waals surface area (Å²) in [4.78, 5) is 4.57. The van der Waals surface area contributed by atoms with Crippen molar-refractivity contribution in [2.75, 3.05) is 0 Å². The first kappa shape index (κ1) is 14.6. The molecule has 0 aliphatic heterocycles. The Morgan fingerprint density at radius 1 is 0.833 bits per heavy atom. The van der Waals surface area contributed by atoms with E-state index in [-0.39, 0.29) is 0 Å². The van der Waals surface area contributed by atoms with Crippen molar-refractivity contribution in [3.05, 3.63) is 90.8 Å². The van der Waals surface area contributed by atoms with Crippen LogP contribution in [-0.2, 0) is 0 Å². The second kappa shape index (κ2) is 6.67. The molecule has 3 aromatic rings. The highest BCUT2D eigenvalue weighted by Gasteiger charge is 2.35. The molecule has 2 aromatic carbocycles. The van der Waals surface area contributed by atoms with E-state index in [4.69, 9.17) is 0 Å². The van der Waals surface area contributed by atoms with Gasteiger partial charge < -0.3 is 0 Å². The predicted octanol–water partition coefficient (Wildman–Crippen LogP) is 4.75. The molecule has 118 valence electrons. The van der Waals surface area contributed by atoms with Gasteiger partial charge in [0.1, 0.15) is 0 Å². The zero-order valence-electron chi connectivity index (χ0n) is 13.3. The standard InChI is InChI=1S/C15H13N3.C6H6/c1-2-4-10(5-3-1)14-16-15(18-17-14)12-7-6-11-8-13(11)9-12;1-2-4-6-5-3-1/h1-7,9,11,13H,8H2,(H,16,17,18);1-6H. The Hall–Kier alpha value is -2.94. The summed E-state index contributed by atoms with van der Waals surface area (Å²) in [6.07, 6.45) is 8.04. The lowest BCUT2D eigenvalue weighted by Gasteiger charge is -2.01. The van der Waals surface area contributed by atoms with E-state index in [9.17, 15) is 0 Å². The number of nitrogens with zero attached hydrogens (tertiary/aromatic N) is 2. The molecule has 0 radical (unpaired) electrons. The van der Waals surface area contributed by atoms with Crippen LogP contribution in [0.1, 0.15) is 12.2 Å². The Labute approximate surface area is 141 Å². The summed E-state index contributed by atoms with van der Waals surface area (Å²) < 4.78 is 0. The molecule has 5 rings (SSSR count). The Kier molecular flexibility index (Phi) is 4.07. The average Bonchev–Trinajstić information content (AvgIpc) is 3.28. The molecule has 3 nitrogen and oxygen atoms in total. The number of H-pyrrole nitrogens is 1. The van der Waals surface area contributed by atoms with E-state index in [1.807, 2.05) is 66.7 Å². The molecule has 1 heterocycles. The number of aromatic nitrogens is 3. The minimum atomic E-state index is 0.732. The first-order valence-corrected chi connectivity index (χ1v) is 8.28. The van der Waals surface area contributed by atoms with Crippen LogP contribution in [0.4, 0.5) is 0 Å². The molecule has 2 unspecified atom stereocenters. The van der Waals surface area contributed by atoms with E-state index in [1.165, 1.54) is 12.0 Å². The number of hydrogen-bond acceptors (Lipinski definition) is 2. The van der Waals surface area contributed by atoms with Gasteiger partial charge in [-0.1, -0.05) is 85.0 Å². The maximum absolute atomic E-state index is 4.57. The zero-order valence-corrected chi connectivity index (χ0v) is 13.3. The van der Waals surface area contributed by atoms with Crippen LogP contribution in [0.2, 0.25) is 0 Å². The molecule has 3 heteroatoms. The maximum Gasteiger partial charge on any atom is 0.181 e. The van der Waals surface area contributed by atoms with Crippen molar-refractivity contribution < 1.29 is 0 Å². The second-order valence-electron chi connectivity index (χ2n) is 6.07. The third-order valence-corrected chi connectivity index (χ3v) is 4.27. The van der Waals surface area contributed by atoms with E-state index in [1.54, 1.807) is 0 Å². The number of allylic oxidation sites excluding steroid dienone is 4. The molecular weight excluding hydrogens is 294 g/mol. The summed E-state index contributed by atoms with van der Waals surface area (Å²) in [7, 11) is 0. The van der Waals surface area contributed by atoms with Gasteiger partial charge in [-0.15, -0.1) is 0 Å². The minimum Gasteiger partial charge on any atom is -0.259 e. The summed E-state index contributed by atoms with van der Waals surface area (Å²) in [6.45, 7) is 0. The molecule has 2 aliphatic rings. The van der Waals surface area contributed by atoms with Crippen LogP contribution in [0.25, 0.3) is 17.0 Å². The monoisotopic (exact) mass is 313 g/mol. The van der Waals surface area contributed by atoms with Gasteiger partial charge in [0.25, 0.3) is 0 Å². The van der Waals surface area contributed by atoms with Gasteiger partial charge in [-0.05, 0) is 18.3 Å². The average molecular weight is 313 g/mol. The molecule has 0 saturated heterocycles. The fourth-order valence-corrected chi connectivity index (χ4v) is 2.81. The van der Waals surface area contributed by atoms with Crippen LogP contribution in [0, 0.1) is 11.8 Å². The van der Waals surface area contributed by atoms with Gasteiger partial charge in [-0.3, -0.25) is 5.10 Å². The maximum atomic E-state index is 4.57. The van der Waals surface area contributed by atoms with E-state index in [0.29, 0.717) is 0 Å². The van der Waals surface area contributed by atoms with Crippen molar-refractivity contribution in [2.24, 2.45) is 11.8 Å². The van der Waals surface area contributed by atoms with Gasteiger partial charge in [0.15, 0.2) is 11.6 Å². The number of nitrogens with one attached hydrogen (secondary N) is 1. The van der Waals surface area contributed by atoms with Crippen molar-refractivity contribution in [1.29, 1.82) is 0 Å². The lowest BCUT2D eigenvalue weighted by molar-refractivity contribution is 0.977. The molecule has 0 spiro atoms. The zero-order chi connectivity index (χ0) is 16.2. The van der Waals surface area contributed by atoms with Crippen LogP contribution in [0.15, 0.2) is 85.0 Å². The number of hydrogen-bond donors (Lipinski definition) is 1. The van der Waals surface area contributed by atoms with Crippen LogP contribution >= 0.6 is 0 Å². The fraction of sp³-hybridized carbons (Fsp3) is 0.143. The van der Waals surface area contributed by atoms with Gasteiger partial charge in [-0.25, -0.2) is 4.98 Å². The topological polar surface area (TPSA) is 41.6 Å². The highest BCUT2D eigenvalue weighted by Crippen LogP contribution is 2.45. The SMILES string of the molecule is C1=CC2CC2C=C1c1nc(-c2ccccc2)n[nH]1.c1ccccc1. The van der Waals surface area contributed by atoms with Crippen LogP contribution in [0.3, 0.4) is 0 Å². The van der Waals surface area contributed by atoms with Gasteiger partial charge in [0, 0.05) is 11.1 Å². The number of fused-ring (bicyclic) bond motifs is 1. The smallest absolute Gasteiger partial charge is 0.181 e. The van der Waals surface area contributed by atoms with E-state index >= 15 is 0 Å². The second-order valence-corrected chi connectivity index (χ2v) is 6.07. The molecule has 2 atom stereocenters. The summed E-state index contributed by atoms with van der Waals surface area (Å²) >= 11 is 0. The van der Waals surface area contributed by atoms with Crippen molar-refractivity contribution in [3.63, 3.8) is 0 Å². The van der Waals surface area contributed by atoms with Crippen molar-refractivity contribution in [3.8, 4) is 11.4 Å². The summed E-state index contributed by atoms with van der Waals surface area (Å²) in [5.74, 6) is 3.15. The largest absolute Gasteiger partial charge is 0.259 e. The third kappa shape index (κ3) is 3.35. The number of benzene rings is 2. The van der Waals surface area contributed by atoms with Crippen molar-refractivity contribution in [2.45, 2.75) is 6.42 Å². The first-order chi connectivity index (χ1) is 11.9. The quantitative estimate of drug-likeness (QED) is 0.742. The molecule has 0 amide bonds. The van der Waals surface area contributed by atoms with Crippen molar-refractivity contribution >= 4 is 5.57 Å². The van der Waals surface area contributed by atoms with Crippen LogP contribution in [0.5, 0.6) is 0 Å². The first-order valence-electron chi connectivity index (χ1n) is 8.28. The highest BCUT2D eigenvalue weighted by molar-refractivity contribution is 5.73. The van der Waals surface area contributed by atoms with E-state index in [0.717, 1.165) is 29.0 Å². The van der Waals surface area contributed by atoms with Gasteiger partial charge in [-0.2, -0.15) is 5.10 Å². The molecule has 1 N–H and O–H groups in total. The molecule has 1 saturated carbocycles. The molecule has 2 aliphatic carbocycles. The summed E-state index contributed by atoms with van der Waals surface area (Å²) in [5.41, 5.74) is 2.22. The van der Waals surface area contributed by atoms with E-state index < -0.39 is 0 Å². The predicted molar refractivity (Wildman–Crippen MR) is 97.0 cm³/mol. The Morgan fingerprint density at radius 2 is 1.50 bits per heavy atom. The molecule has 1 fully saturated rings. The summed E-state index contributed by atoms with van der Waals surface area (Å²) in [6, 6.07) is 22.0. The molecule has 0 bridgehead atoms. The molecular formula is C21H19N3. The van der Waals surface area contributed by atoms with Crippen LogP contribution < -0.4 is 0 Å². The van der Waals surface area contributed by atoms with Crippen molar-refractivity contribution in [1.82, 2.24) is 15.2 Å². The van der Waals surface area contributed by atoms with Gasteiger partial charge >= 0.3 is 0 Å². The highest BCUT2D eigenvalue weighted by atomic mass is 15.2.